The van der Waals surface area contributed by atoms with Crippen LogP contribution in [0.25, 0.3) is 0 Å². The minimum Gasteiger partial charge on any atom is -0.341 e. The number of rotatable bonds is 5. The summed E-state index contributed by atoms with van der Waals surface area (Å²) in [6.45, 7) is 7.15. The summed E-state index contributed by atoms with van der Waals surface area (Å²) < 4.78 is 40.7. The second-order valence-electron chi connectivity index (χ2n) is 7.03. The normalized spacial score (nSPS) is 20.4. The maximum Gasteiger partial charge on any atom is 0.244 e. The summed E-state index contributed by atoms with van der Waals surface area (Å²) in [7, 11) is -4.08. The van der Waals surface area contributed by atoms with Crippen molar-refractivity contribution in [1.29, 1.82) is 0 Å². The van der Waals surface area contributed by atoms with E-state index in [4.69, 9.17) is 0 Å². The summed E-state index contributed by atoms with van der Waals surface area (Å²) in [6, 6.07) is 4.21. The third-order valence-corrected chi connectivity index (χ3v) is 6.43. The first-order valence-corrected chi connectivity index (χ1v) is 10.3. The smallest absolute Gasteiger partial charge is 0.244 e. The Hall–Kier alpha value is -1.47. The molecule has 1 saturated heterocycles. The molecule has 1 aliphatic heterocycles. The molecule has 0 aromatic heterocycles. The molecule has 2 atom stereocenters. The van der Waals surface area contributed by atoms with Gasteiger partial charge in [-0.25, -0.2) is 12.8 Å². The molecular weight excluding hydrogens is 343 g/mol. The van der Waals surface area contributed by atoms with E-state index in [0.717, 1.165) is 25.3 Å². The molecule has 0 bridgehead atoms. The van der Waals surface area contributed by atoms with E-state index in [0.29, 0.717) is 24.9 Å². The molecule has 0 aliphatic carbocycles. The fourth-order valence-electron chi connectivity index (χ4n) is 3.29. The largest absolute Gasteiger partial charge is 0.341 e. The second kappa shape index (κ2) is 8.27. The molecule has 2 rings (SSSR count). The van der Waals surface area contributed by atoms with Crippen LogP contribution in [0, 0.1) is 17.7 Å². The van der Waals surface area contributed by atoms with Crippen LogP contribution in [-0.4, -0.2) is 38.4 Å². The Morgan fingerprint density at radius 2 is 1.88 bits per heavy atom. The Morgan fingerprint density at radius 3 is 2.52 bits per heavy atom. The predicted molar refractivity (Wildman–Crippen MR) is 94.9 cm³/mol. The summed E-state index contributed by atoms with van der Waals surface area (Å²) in [5.74, 6) is 0.0729. The van der Waals surface area contributed by atoms with Gasteiger partial charge in [0.05, 0.1) is 6.04 Å². The van der Waals surface area contributed by atoms with E-state index in [1.165, 1.54) is 25.1 Å². The maximum atomic E-state index is 13.7. The Balaban J connectivity index is 2.04. The third kappa shape index (κ3) is 5.01. The molecule has 1 unspecified atom stereocenters. The molecule has 1 aromatic carbocycles. The summed E-state index contributed by atoms with van der Waals surface area (Å²) in [4.78, 5) is 13.9. The van der Waals surface area contributed by atoms with Crippen molar-refractivity contribution in [3.05, 3.63) is 30.1 Å². The van der Waals surface area contributed by atoms with Gasteiger partial charge in [-0.05, 0) is 50.2 Å². The zero-order chi connectivity index (χ0) is 18.6. The summed E-state index contributed by atoms with van der Waals surface area (Å²) in [5.41, 5.74) is 0. The average Bonchev–Trinajstić information content (AvgIpc) is 2.80. The highest BCUT2D eigenvalue weighted by molar-refractivity contribution is 7.89. The highest BCUT2D eigenvalue weighted by Gasteiger charge is 2.29. The van der Waals surface area contributed by atoms with Crippen LogP contribution in [0.5, 0.6) is 0 Å². The summed E-state index contributed by atoms with van der Waals surface area (Å²) in [5, 5.41) is 0. The van der Waals surface area contributed by atoms with Crippen molar-refractivity contribution in [3.8, 4) is 0 Å². The lowest BCUT2D eigenvalue weighted by Gasteiger charge is -2.25. The van der Waals surface area contributed by atoms with Crippen molar-refractivity contribution in [2.24, 2.45) is 11.8 Å². The van der Waals surface area contributed by atoms with Gasteiger partial charge in [-0.15, -0.1) is 0 Å². The number of carbonyl (C=O) groups excluding carboxylic acids is 1. The molecule has 1 heterocycles. The van der Waals surface area contributed by atoms with Crippen LogP contribution in [0.1, 0.15) is 40.0 Å². The van der Waals surface area contributed by atoms with E-state index in [1.54, 1.807) is 4.90 Å². The predicted octanol–water partition coefficient (Wildman–Crippen LogP) is 2.78. The Kier molecular flexibility index (Phi) is 6.57. The van der Waals surface area contributed by atoms with Gasteiger partial charge < -0.3 is 4.90 Å². The third-order valence-electron chi connectivity index (χ3n) is 4.86. The lowest BCUT2D eigenvalue weighted by molar-refractivity contribution is -0.132. The minimum absolute atomic E-state index is 0.260. The molecule has 140 valence electrons. The fourth-order valence-corrected chi connectivity index (χ4v) is 4.57. The van der Waals surface area contributed by atoms with Crippen molar-refractivity contribution in [1.82, 2.24) is 9.62 Å². The van der Waals surface area contributed by atoms with Gasteiger partial charge in [0.25, 0.3) is 0 Å². The summed E-state index contributed by atoms with van der Waals surface area (Å²) in [6.07, 6.45) is 2.92. The zero-order valence-corrected chi connectivity index (χ0v) is 15.9. The molecule has 1 N–H and O–H groups in total. The van der Waals surface area contributed by atoms with Crippen LogP contribution in [0.4, 0.5) is 4.39 Å². The van der Waals surface area contributed by atoms with Crippen molar-refractivity contribution in [2.75, 3.05) is 13.1 Å². The number of hydrogen-bond donors (Lipinski definition) is 1. The molecule has 0 radical (unpaired) electrons. The zero-order valence-electron chi connectivity index (χ0n) is 15.0. The number of hydrogen-bond acceptors (Lipinski definition) is 3. The van der Waals surface area contributed by atoms with Crippen LogP contribution < -0.4 is 4.72 Å². The van der Waals surface area contributed by atoms with E-state index < -0.39 is 26.8 Å². The van der Waals surface area contributed by atoms with Crippen LogP contribution in [0.15, 0.2) is 29.2 Å². The monoisotopic (exact) mass is 370 g/mol. The second-order valence-corrected chi connectivity index (χ2v) is 8.72. The molecule has 1 aromatic rings. The van der Waals surface area contributed by atoms with E-state index in [-0.39, 0.29) is 5.91 Å². The first kappa shape index (κ1) is 19.8. The lowest BCUT2D eigenvalue weighted by Crippen LogP contribution is -2.47. The maximum absolute atomic E-state index is 13.7. The fraction of sp³-hybridized carbons (Fsp3) is 0.611. The highest BCUT2D eigenvalue weighted by Crippen LogP contribution is 2.25. The topological polar surface area (TPSA) is 66.5 Å². The minimum atomic E-state index is -4.08. The molecule has 7 heteroatoms. The average molecular weight is 370 g/mol. The van der Waals surface area contributed by atoms with Crippen LogP contribution >= 0.6 is 0 Å². The SMILES string of the molecule is CC(C)C1CCCN(C(=O)[C@H](C)NS(=O)(=O)c2ccccc2F)CC1. The number of nitrogens with zero attached hydrogens (tertiary/aromatic N) is 1. The summed E-state index contributed by atoms with van der Waals surface area (Å²) >= 11 is 0. The number of sulfonamides is 1. The number of nitrogens with one attached hydrogen (secondary N) is 1. The van der Waals surface area contributed by atoms with Gasteiger partial charge in [0.1, 0.15) is 10.7 Å². The Labute approximate surface area is 149 Å². The van der Waals surface area contributed by atoms with Crippen LogP contribution in [0.3, 0.4) is 0 Å². The van der Waals surface area contributed by atoms with Gasteiger partial charge in [-0.2, -0.15) is 4.72 Å². The van der Waals surface area contributed by atoms with Crippen LogP contribution in [-0.2, 0) is 14.8 Å². The molecule has 0 spiro atoms. The van der Waals surface area contributed by atoms with Gasteiger partial charge in [0.2, 0.25) is 15.9 Å². The first-order valence-electron chi connectivity index (χ1n) is 8.78. The molecule has 1 fully saturated rings. The Bertz CT molecular complexity index is 706. The van der Waals surface area contributed by atoms with E-state index in [1.807, 2.05) is 0 Å². The van der Waals surface area contributed by atoms with E-state index in [9.17, 15) is 17.6 Å². The molecule has 1 amide bonds. The number of likely N-dealkylation sites (tertiary alicyclic amines) is 1. The molecular formula is C18H27FN2O3S. The molecule has 1 aliphatic rings. The first-order chi connectivity index (χ1) is 11.7. The highest BCUT2D eigenvalue weighted by atomic mass is 32.2. The van der Waals surface area contributed by atoms with Gasteiger partial charge in [-0.1, -0.05) is 26.0 Å². The quantitative estimate of drug-likeness (QED) is 0.867. The van der Waals surface area contributed by atoms with Crippen molar-refractivity contribution in [3.63, 3.8) is 0 Å². The van der Waals surface area contributed by atoms with Gasteiger partial charge >= 0.3 is 0 Å². The molecule has 0 saturated carbocycles. The number of benzene rings is 1. The van der Waals surface area contributed by atoms with Crippen LogP contribution in [0.2, 0.25) is 0 Å². The standard InChI is InChI=1S/C18H27FN2O3S/c1-13(2)15-7-6-11-21(12-10-15)18(22)14(3)20-25(23,24)17-9-5-4-8-16(17)19/h4-5,8-9,13-15,20H,6-7,10-12H2,1-3H3/t14-,15?/m0/s1. The van der Waals surface area contributed by atoms with Gasteiger partial charge in [0, 0.05) is 13.1 Å². The lowest BCUT2D eigenvalue weighted by atomic mass is 9.89. The Morgan fingerprint density at radius 1 is 1.20 bits per heavy atom. The van der Waals surface area contributed by atoms with Crippen molar-refractivity contribution >= 4 is 15.9 Å². The van der Waals surface area contributed by atoms with E-state index >= 15 is 0 Å². The van der Waals surface area contributed by atoms with Crippen molar-refractivity contribution < 1.29 is 17.6 Å². The van der Waals surface area contributed by atoms with Crippen molar-refractivity contribution in [2.45, 2.75) is 51.0 Å². The van der Waals surface area contributed by atoms with Gasteiger partial charge in [0.15, 0.2) is 0 Å². The number of halogens is 1. The van der Waals surface area contributed by atoms with Gasteiger partial charge in [-0.3, -0.25) is 4.79 Å². The molecule has 5 nitrogen and oxygen atoms in total. The molecule has 25 heavy (non-hydrogen) atoms. The number of carbonyl (C=O) groups is 1. The van der Waals surface area contributed by atoms with E-state index in [2.05, 4.69) is 18.6 Å². The number of amides is 1.